The highest BCUT2D eigenvalue weighted by molar-refractivity contribution is 6.50. The average Bonchev–Trinajstić information content (AvgIpc) is 2.81. The molecule has 1 aromatic rings. The summed E-state index contributed by atoms with van der Waals surface area (Å²) in [5, 5.41) is 0. The van der Waals surface area contributed by atoms with Crippen molar-refractivity contribution in [3.8, 4) is 12.3 Å². The summed E-state index contributed by atoms with van der Waals surface area (Å²) in [6.07, 6.45) is 11.0. The first-order chi connectivity index (χ1) is 11.4. The number of aromatic nitrogens is 1. The summed E-state index contributed by atoms with van der Waals surface area (Å²) in [7, 11) is -1.38. The molecule has 0 bridgehead atoms. The van der Waals surface area contributed by atoms with Crippen LogP contribution in [0.4, 0.5) is 4.32 Å². The van der Waals surface area contributed by atoms with Crippen LogP contribution < -0.4 is 0 Å². The molecule has 0 aliphatic carbocycles. The summed E-state index contributed by atoms with van der Waals surface area (Å²) in [5.74, 6) is 2.69. The van der Waals surface area contributed by atoms with Gasteiger partial charge in [0.15, 0.2) is 0 Å². The van der Waals surface area contributed by atoms with E-state index in [2.05, 4.69) is 24.7 Å². The van der Waals surface area contributed by atoms with Crippen LogP contribution in [0.2, 0.25) is 0 Å². The maximum atomic E-state index is 14.9. The van der Waals surface area contributed by atoms with Crippen molar-refractivity contribution in [2.75, 3.05) is 0 Å². The zero-order valence-electron chi connectivity index (χ0n) is 15.4. The molecule has 0 amide bonds. The Morgan fingerprint density at radius 3 is 2.58 bits per heavy atom. The molecule has 4 heteroatoms. The van der Waals surface area contributed by atoms with Gasteiger partial charge in [0.25, 0.3) is 0 Å². The van der Waals surface area contributed by atoms with Crippen molar-refractivity contribution >= 4 is 18.5 Å². The Morgan fingerprint density at radius 2 is 1.92 bits per heavy atom. The largest absolute Gasteiger partial charge is 0.611 e. The molecule has 0 radical (unpaired) electrons. The van der Waals surface area contributed by atoms with Gasteiger partial charge in [-0.3, -0.25) is 9.22 Å². The van der Waals surface area contributed by atoms with Crippen molar-refractivity contribution < 1.29 is 4.32 Å². The molecule has 0 aromatic carbocycles. The van der Waals surface area contributed by atoms with Crippen LogP contribution >= 0.6 is 0 Å². The number of fused-ring (bicyclic) bond motifs is 1. The summed E-state index contributed by atoms with van der Waals surface area (Å²) in [6.45, 7) is 10.0. The van der Waals surface area contributed by atoms with E-state index in [0.717, 1.165) is 48.2 Å². The molecule has 0 fully saturated rings. The van der Waals surface area contributed by atoms with E-state index in [4.69, 9.17) is 6.42 Å². The Kier molecular flexibility index (Phi) is 5.88. The molecule has 1 aliphatic rings. The number of unbranched alkanes of at least 4 members (excludes halogenated alkanes) is 2. The molecule has 0 unspecified atom stereocenters. The van der Waals surface area contributed by atoms with Crippen molar-refractivity contribution in [3.63, 3.8) is 0 Å². The monoisotopic (exact) mass is 324 g/mol. The van der Waals surface area contributed by atoms with Crippen LogP contribution in [-0.4, -0.2) is 17.4 Å². The Bertz CT molecular complexity index is 759. The molecule has 0 N–H and O–H groups in total. The number of halogens is 1. The lowest BCUT2D eigenvalue weighted by Crippen LogP contribution is -2.22. The normalized spacial score (nSPS) is 20.3. The standard InChI is InChI=1S/C20H26BFN2/c1-7-8-9-10-11-19-18(6)14(2)12-16(4)23-21(22)24-17(5)13-15(3)20(19)24/h1,12-13H,8-11H2,2-6H3/b14-12-,19-18+,23-16?. The quantitative estimate of drug-likeness (QED) is 0.406. The number of terminal acetylenes is 1. The van der Waals surface area contributed by atoms with E-state index in [-0.39, 0.29) is 0 Å². The minimum atomic E-state index is -1.38. The van der Waals surface area contributed by atoms with Gasteiger partial charge in [-0.05, 0) is 88.3 Å². The second-order valence-corrected chi connectivity index (χ2v) is 6.61. The lowest BCUT2D eigenvalue weighted by Gasteiger charge is -2.17. The molecular weight excluding hydrogens is 298 g/mol. The van der Waals surface area contributed by atoms with Crippen LogP contribution in [0.5, 0.6) is 0 Å². The summed E-state index contributed by atoms with van der Waals surface area (Å²) in [6, 6.07) is 2.04. The summed E-state index contributed by atoms with van der Waals surface area (Å²) < 4.78 is 16.6. The topological polar surface area (TPSA) is 17.3 Å². The summed E-state index contributed by atoms with van der Waals surface area (Å²) in [4.78, 5) is 4.22. The van der Waals surface area contributed by atoms with Crippen LogP contribution in [0.1, 0.15) is 63.4 Å². The fourth-order valence-corrected chi connectivity index (χ4v) is 3.41. The lowest BCUT2D eigenvalue weighted by atomic mass is 9.92. The maximum Gasteiger partial charge on any atom is 0.611 e. The van der Waals surface area contributed by atoms with E-state index >= 15 is 0 Å². The van der Waals surface area contributed by atoms with E-state index in [1.165, 1.54) is 11.1 Å². The van der Waals surface area contributed by atoms with Crippen molar-refractivity contribution in [2.45, 2.75) is 60.3 Å². The molecule has 2 rings (SSSR count). The Balaban J connectivity index is 2.61. The van der Waals surface area contributed by atoms with Gasteiger partial charge >= 0.3 is 7.26 Å². The second kappa shape index (κ2) is 7.70. The van der Waals surface area contributed by atoms with Crippen molar-refractivity contribution in [3.05, 3.63) is 40.2 Å². The van der Waals surface area contributed by atoms with Crippen molar-refractivity contribution in [2.24, 2.45) is 4.90 Å². The predicted molar refractivity (Wildman–Crippen MR) is 103 cm³/mol. The van der Waals surface area contributed by atoms with E-state index in [9.17, 15) is 4.32 Å². The SMILES string of the molecule is C#CCCCC/C1=C(C)\C(C)=C/C(C)=NB(F)n2c(C)cc(C)c21. The highest BCUT2D eigenvalue weighted by Gasteiger charge is 2.27. The Labute approximate surface area is 145 Å². The van der Waals surface area contributed by atoms with E-state index < -0.39 is 7.26 Å². The molecule has 0 saturated heterocycles. The fourth-order valence-electron chi connectivity index (χ4n) is 3.41. The summed E-state index contributed by atoms with van der Waals surface area (Å²) >= 11 is 0. The number of hydrogen-bond acceptors (Lipinski definition) is 1. The van der Waals surface area contributed by atoms with Crippen LogP contribution in [0.15, 0.2) is 28.2 Å². The van der Waals surface area contributed by atoms with Crippen LogP contribution in [0.25, 0.3) is 5.57 Å². The van der Waals surface area contributed by atoms with Crippen LogP contribution in [0.3, 0.4) is 0 Å². The third-order valence-corrected chi connectivity index (χ3v) is 4.70. The third-order valence-electron chi connectivity index (χ3n) is 4.70. The van der Waals surface area contributed by atoms with Gasteiger partial charge in [0.2, 0.25) is 0 Å². The van der Waals surface area contributed by atoms with Gasteiger partial charge in [-0.2, -0.15) is 0 Å². The fraction of sp³-hybridized carbons (Fsp3) is 0.450. The molecule has 2 nitrogen and oxygen atoms in total. The Hall–Kier alpha value is -2.02. The lowest BCUT2D eigenvalue weighted by molar-refractivity contribution is 0.761. The molecule has 0 spiro atoms. The first-order valence-electron chi connectivity index (χ1n) is 8.56. The van der Waals surface area contributed by atoms with Gasteiger partial charge in [0, 0.05) is 23.5 Å². The zero-order chi connectivity index (χ0) is 17.9. The van der Waals surface area contributed by atoms with Crippen molar-refractivity contribution in [1.29, 1.82) is 0 Å². The van der Waals surface area contributed by atoms with Crippen molar-refractivity contribution in [1.82, 2.24) is 4.48 Å². The number of aryl methyl sites for hydroxylation is 2. The molecule has 24 heavy (non-hydrogen) atoms. The highest BCUT2D eigenvalue weighted by atomic mass is 19.1. The molecule has 0 saturated carbocycles. The van der Waals surface area contributed by atoms with E-state index in [1.807, 2.05) is 32.9 Å². The van der Waals surface area contributed by atoms with Gasteiger partial charge in [-0.15, -0.1) is 12.3 Å². The third kappa shape index (κ3) is 3.72. The smallest absolute Gasteiger partial charge is 0.338 e. The van der Waals surface area contributed by atoms with Gasteiger partial charge in [-0.25, -0.2) is 0 Å². The molecular formula is C20H26BFN2. The first kappa shape index (κ1) is 18.3. The van der Waals surface area contributed by atoms with Crippen LogP contribution in [0, 0.1) is 26.2 Å². The van der Waals surface area contributed by atoms with Gasteiger partial charge in [-0.1, -0.05) is 0 Å². The number of hydrogen-bond donors (Lipinski definition) is 0. The second-order valence-electron chi connectivity index (χ2n) is 6.61. The minimum Gasteiger partial charge on any atom is -0.338 e. The Morgan fingerprint density at radius 1 is 1.21 bits per heavy atom. The van der Waals surface area contributed by atoms with Gasteiger partial charge in [0.1, 0.15) is 0 Å². The summed E-state index contributed by atoms with van der Waals surface area (Å²) in [5.41, 5.74) is 7.25. The highest BCUT2D eigenvalue weighted by Crippen LogP contribution is 2.33. The van der Waals surface area contributed by atoms with Gasteiger partial charge in [0.05, 0.1) is 0 Å². The maximum absolute atomic E-state index is 14.9. The van der Waals surface area contributed by atoms with Crippen LogP contribution in [-0.2, 0) is 0 Å². The van der Waals surface area contributed by atoms with E-state index in [1.54, 1.807) is 4.48 Å². The number of nitrogens with zero attached hydrogens (tertiary/aromatic N) is 2. The molecule has 1 aromatic heterocycles. The molecule has 2 heterocycles. The molecule has 1 aliphatic heterocycles. The number of allylic oxidation sites excluding steroid dienone is 4. The molecule has 0 atom stereocenters. The average molecular weight is 324 g/mol. The molecule has 126 valence electrons. The number of rotatable bonds is 4. The van der Waals surface area contributed by atoms with Gasteiger partial charge < -0.3 is 4.48 Å². The minimum absolute atomic E-state index is 0.713. The van der Waals surface area contributed by atoms with E-state index in [0.29, 0.717) is 5.71 Å². The first-order valence-corrected chi connectivity index (χ1v) is 8.56. The predicted octanol–water partition coefficient (Wildman–Crippen LogP) is 5.30. The zero-order valence-corrected chi connectivity index (χ0v) is 15.4.